The third-order valence-electron chi connectivity index (χ3n) is 3.48. The van der Waals surface area contributed by atoms with E-state index in [-0.39, 0.29) is 12.3 Å². The molecule has 0 aliphatic rings. The van der Waals surface area contributed by atoms with Crippen LogP contribution in [0.4, 0.5) is 17.2 Å². The molecule has 126 valence electrons. The van der Waals surface area contributed by atoms with E-state index in [9.17, 15) is 4.79 Å². The SMILES string of the molecule is O=C(CCCl)Nc1cccc(Nc2cc(-c3ccccc3)ncn2)c1. The topological polar surface area (TPSA) is 66.9 Å². The average molecular weight is 353 g/mol. The zero-order chi connectivity index (χ0) is 17.5. The molecule has 0 saturated heterocycles. The predicted octanol–water partition coefficient (Wildman–Crippen LogP) is 4.45. The minimum absolute atomic E-state index is 0.111. The van der Waals surface area contributed by atoms with Gasteiger partial charge in [-0.05, 0) is 18.2 Å². The molecule has 0 unspecified atom stereocenters. The van der Waals surface area contributed by atoms with Gasteiger partial charge in [0.15, 0.2) is 0 Å². The Bertz CT molecular complexity index is 855. The number of anilines is 3. The molecule has 0 atom stereocenters. The van der Waals surface area contributed by atoms with Crippen LogP contribution >= 0.6 is 11.6 Å². The van der Waals surface area contributed by atoms with Crippen molar-refractivity contribution in [3.05, 3.63) is 67.0 Å². The molecule has 0 fully saturated rings. The van der Waals surface area contributed by atoms with Crippen molar-refractivity contribution in [2.75, 3.05) is 16.5 Å². The summed E-state index contributed by atoms with van der Waals surface area (Å²) in [6.07, 6.45) is 1.81. The third-order valence-corrected chi connectivity index (χ3v) is 3.67. The number of nitrogens with zero attached hydrogens (tertiary/aromatic N) is 2. The van der Waals surface area contributed by atoms with E-state index in [1.54, 1.807) is 0 Å². The fraction of sp³-hybridized carbons (Fsp3) is 0.105. The van der Waals surface area contributed by atoms with Crippen LogP contribution in [0.25, 0.3) is 11.3 Å². The number of aromatic nitrogens is 2. The maximum atomic E-state index is 11.6. The first-order valence-corrected chi connectivity index (χ1v) is 8.38. The highest BCUT2D eigenvalue weighted by molar-refractivity contribution is 6.19. The number of alkyl halides is 1. The van der Waals surface area contributed by atoms with Gasteiger partial charge < -0.3 is 10.6 Å². The summed E-state index contributed by atoms with van der Waals surface area (Å²) in [5.41, 5.74) is 3.39. The molecule has 1 aromatic heterocycles. The molecule has 0 aliphatic heterocycles. The fourth-order valence-electron chi connectivity index (χ4n) is 2.32. The van der Waals surface area contributed by atoms with Crippen LogP contribution in [0.2, 0.25) is 0 Å². The van der Waals surface area contributed by atoms with Gasteiger partial charge >= 0.3 is 0 Å². The molecule has 2 aromatic carbocycles. The normalized spacial score (nSPS) is 10.3. The van der Waals surface area contributed by atoms with E-state index in [1.807, 2.05) is 60.7 Å². The molecule has 3 aromatic rings. The van der Waals surface area contributed by atoms with E-state index in [0.29, 0.717) is 17.4 Å². The first kappa shape index (κ1) is 16.9. The van der Waals surface area contributed by atoms with Gasteiger partial charge in [0.25, 0.3) is 0 Å². The first-order valence-electron chi connectivity index (χ1n) is 7.85. The number of nitrogens with one attached hydrogen (secondary N) is 2. The van der Waals surface area contributed by atoms with Crippen molar-refractivity contribution in [3.8, 4) is 11.3 Å². The Labute approximate surface area is 151 Å². The molecule has 0 spiro atoms. The van der Waals surface area contributed by atoms with Crippen LogP contribution in [0.15, 0.2) is 67.0 Å². The molecule has 5 nitrogen and oxygen atoms in total. The molecule has 1 amide bonds. The van der Waals surface area contributed by atoms with Crippen molar-refractivity contribution < 1.29 is 4.79 Å². The summed E-state index contributed by atoms with van der Waals surface area (Å²) >= 11 is 5.58. The Morgan fingerprint density at radius 2 is 1.76 bits per heavy atom. The van der Waals surface area contributed by atoms with E-state index < -0.39 is 0 Å². The number of hydrogen-bond donors (Lipinski definition) is 2. The van der Waals surface area contributed by atoms with Crippen LogP contribution < -0.4 is 10.6 Å². The lowest BCUT2D eigenvalue weighted by Gasteiger charge is -2.09. The molecular formula is C19H17ClN4O. The van der Waals surface area contributed by atoms with E-state index in [2.05, 4.69) is 20.6 Å². The lowest BCUT2D eigenvalue weighted by molar-refractivity contribution is -0.115. The van der Waals surface area contributed by atoms with Crippen LogP contribution in [-0.4, -0.2) is 21.8 Å². The third kappa shape index (κ3) is 4.78. The summed E-state index contributed by atoms with van der Waals surface area (Å²) < 4.78 is 0. The van der Waals surface area contributed by atoms with Gasteiger partial charge in [0.1, 0.15) is 12.1 Å². The summed E-state index contributed by atoms with van der Waals surface area (Å²) in [5.74, 6) is 0.867. The minimum atomic E-state index is -0.111. The molecule has 2 N–H and O–H groups in total. The lowest BCUT2D eigenvalue weighted by Crippen LogP contribution is -2.11. The van der Waals surface area contributed by atoms with Gasteiger partial charge in [-0.3, -0.25) is 4.79 Å². The van der Waals surface area contributed by atoms with Gasteiger partial charge in [-0.2, -0.15) is 0 Å². The van der Waals surface area contributed by atoms with E-state index in [4.69, 9.17) is 11.6 Å². The summed E-state index contributed by atoms with van der Waals surface area (Å²) in [6.45, 7) is 0. The molecule has 6 heteroatoms. The van der Waals surface area contributed by atoms with Crippen LogP contribution in [-0.2, 0) is 4.79 Å². The molecule has 0 radical (unpaired) electrons. The highest BCUT2D eigenvalue weighted by Crippen LogP contribution is 2.22. The zero-order valence-corrected chi connectivity index (χ0v) is 14.2. The second-order valence-corrected chi connectivity index (χ2v) is 5.73. The Balaban J connectivity index is 1.75. The first-order chi connectivity index (χ1) is 12.2. The molecule has 0 bridgehead atoms. The second kappa shape index (κ2) is 8.26. The molecule has 3 rings (SSSR count). The Hall–Kier alpha value is -2.92. The summed E-state index contributed by atoms with van der Waals surface area (Å²) in [7, 11) is 0. The summed E-state index contributed by atoms with van der Waals surface area (Å²) in [6, 6.07) is 19.2. The second-order valence-electron chi connectivity index (χ2n) is 5.35. The van der Waals surface area contributed by atoms with Gasteiger partial charge in [0.05, 0.1) is 5.69 Å². The Kier molecular flexibility index (Phi) is 5.59. The van der Waals surface area contributed by atoms with E-state index in [1.165, 1.54) is 6.33 Å². The van der Waals surface area contributed by atoms with Crippen LogP contribution in [0.5, 0.6) is 0 Å². The molecule has 0 aliphatic carbocycles. The smallest absolute Gasteiger partial charge is 0.225 e. The van der Waals surface area contributed by atoms with Crippen molar-refractivity contribution >= 4 is 34.7 Å². The van der Waals surface area contributed by atoms with Gasteiger partial charge in [0, 0.05) is 35.3 Å². The minimum Gasteiger partial charge on any atom is -0.340 e. The zero-order valence-electron chi connectivity index (χ0n) is 13.4. The van der Waals surface area contributed by atoms with Gasteiger partial charge in [-0.1, -0.05) is 36.4 Å². The highest BCUT2D eigenvalue weighted by atomic mass is 35.5. The van der Waals surface area contributed by atoms with Crippen molar-refractivity contribution in [2.45, 2.75) is 6.42 Å². The summed E-state index contributed by atoms with van der Waals surface area (Å²) in [5, 5.41) is 6.04. The van der Waals surface area contributed by atoms with E-state index in [0.717, 1.165) is 16.9 Å². The number of carbonyl (C=O) groups is 1. The maximum Gasteiger partial charge on any atom is 0.225 e. The predicted molar refractivity (Wildman–Crippen MR) is 101 cm³/mol. The van der Waals surface area contributed by atoms with Crippen LogP contribution in [0, 0.1) is 0 Å². The monoisotopic (exact) mass is 352 g/mol. The maximum absolute atomic E-state index is 11.6. The Morgan fingerprint density at radius 3 is 2.56 bits per heavy atom. The van der Waals surface area contributed by atoms with Crippen molar-refractivity contribution in [1.29, 1.82) is 0 Å². The van der Waals surface area contributed by atoms with E-state index >= 15 is 0 Å². The van der Waals surface area contributed by atoms with Crippen molar-refractivity contribution in [1.82, 2.24) is 9.97 Å². The van der Waals surface area contributed by atoms with Gasteiger partial charge in [-0.15, -0.1) is 11.6 Å². The van der Waals surface area contributed by atoms with Gasteiger partial charge in [-0.25, -0.2) is 9.97 Å². The number of benzene rings is 2. The van der Waals surface area contributed by atoms with Crippen LogP contribution in [0.3, 0.4) is 0 Å². The van der Waals surface area contributed by atoms with Crippen molar-refractivity contribution in [3.63, 3.8) is 0 Å². The number of rotatable bonds is 6. The fourth-order valence-corrected chi connectivity index (χ4v) is 2.50. The van der Waals surface area contributed by atoms with Crippen molar-refractivity contribution in [2.24, 2.45) is 0 Å². The average Bonchev–Trinajstić information content (AvgIpc) is 2.63. The number of hydrogen-bond acceptors (Lipinski definition) is 4. The molecule has 25 heavy (non-hydrogen) atoms. The quantitative estimate of drug-likeness (QED) is 0.643. The molecular weight excluding hydrogens is 336 g/mol. The molecule has 1 heterocycles. The Morgan fingerprint density at radius 1 is 0.960 bits per heavy atom. The number of carbonyl (C=O) groups excluding carboxylic acids is 1. The van der Waals surface area contributed by atoms with Crippen LogP contribution in [0.1, 0.15) is 6.42 Å². The number of halogens is 1. The van der Waals surface area contributed by atoms with Gasteiger partial charge in [0.2, 0.25) is 5.91 Å². The lowest BCUT2D eigenvalue weighted by atomic mass is 10.1. The number of amides is 1. The highest BCUT2D eigenvalue weighted by Gasteiger charge is 2.04. The largest absolute Gasteiger partial charge is 0.340 e. The molecule has 0 saturated carbocycles. The summed E-state index contributed by atoms with van der Waals surface area (Å²) in [4.78, 5) is 20.2. The standard InChI is InChI=1S/C19H17ClN4O/c20-10-9-19(25)24-16-8-4-7-15(11-16)23-18-12-17(21-13-22-18)14-5-2-1-3-6-14/h1-8,11-13H,9-10H2,(H,24,25)(H,21,22,23).